The van der Waals surface area contributed by atoms with E-state index in [9.17, 15) is 4.79 Å². The molecule has 1 aromatic rings. The number of ketones is 1. The Labute approximate surface area is 96.2 Å². The number of Topliss-reactive ketones (excluding diaryl/α,β-unsaturated/α-hetero) is 1. The zero-order chi connectivity index (χ0) is 11.0. The van der Waals surface area contributed by atoms with Gasteiger partial charge in [0.05, 0.1) is 0 Å². The Bertz CT molecular complexity index is 430. The summed E-state index contributed by atoms with van der Waals surface area (Å²) in [5.41, 5.74) is 2.79. The van der Waals surface area contributed by atoms with Crippen molar-refractivity contribution >= 4 is 11.4 Å². The van der Waals surface area contributed by atoms with Crippen LogP contribution in [0.4, 0.5) is 0 Å². The number of carbonyl (C=O) groups is 1. The SMILES string of the molecule is O=C1CC2C=C(c3ccccc3)CC(C1)C2. The molecule has 2 aliphatic rings. The molecule has 0 saturated heterocycles. The highest BCUT2D eigenvalue weighted by molar-refractivity contribution is 5.82. The lowest BCUT2D eigenvalue weighted by molar-refractivity contribution is -0.122. The van der Waals surface area contributed by atoms with E-state index < -0.39 is 0 Å². The van der Waals surface area contributed by atoms with Gasteiger partial charge in [0.1, 0.15) is 5.78 Å². The van der Waals surface area contributed by atoms with E-state index in [0.717, 1.165) is 19.3 Å². The Morgan fingerprint density at radius 3 is 2.56 bits per heavy atom. The van der Waals surface area contributed by atoms with Crippen molar-refractivity contribution in [1.82, 2.24) is 0 Å². The highest BCUT2D eigenvalue weighted by Crippen LogP contribution is 2.40. The molecule has 1 saturated carbocycles. The fraction of sp³-hybridized carbons (Fsp3) is 0.400. The van der Waals surface area contributed by atoms with Gasteiger partial charge < -0.3 is 0 Å². The van der Waals surface area contributed by atoms with Crippen LogP contribution in [-0.2, 0) is 4.79 Å². The van der Waals surface area contributed by atoms with E-state index in [2.05, 4.69) is 36.4 Å². The van der Waals surface area contributed by atoms with Gasteiger partial charge in [-0.2, -0.15) is 0 Å². The molecular weight excluding hydrogens is 196 g/mol. The van der Waals surface area contributed by atoms with Crippen LogP contribution in [0.1, 0.15) is 31.2 Å². The standard InChI is InChI=1S/C15H16O/c16-15-9-11-6-12(10-15)8-14(7-11)13-4-2-1-3-5-13/h1-5,7,11-12H,6,8-10H2. The molecule has 1 aromatic carbocycles. The molecular formula is C15H16O. The summed E-state index contributed by atoms with van der Waals surface area (Å²) < 4.78 is 0. The van der Waals surface area contributed by atoms with Gasteiger partial charge in [0.25, 0.3) is 0 Å². The number of allylic oxidation sites excluding steroid dienone is 2. The van der Waals surface area contributed by atoms with Crippen molar-refractivity contribution in [3.8, 4) is 0 Å². The molecule has 0 spiro atoms. The van der Waals surface area contributed by atoms with Crippen LogP contribution in [0, 0.1) is 11.8 Å². The first-order chi connectivity index (χ1) is 7.81. The van der Waals surface area contributed by atoms with Crippen molar-refractivity contribution in [2.24, 2.45) is 11.8 Å². The maximum Gasteiger partial charge on any atom is 0.133 e. The smallest absolute Gasteiger partial charge is 0.133 e. The minimum atomic E-state index is 0.463. The summed E-state index contributed by atoms with van der Waals surface area (Å²) in [5.74, 6) is 1.58. The Balaban J connectivity index is 1.91. The van der Waals surface area contributed by atoms with Gasteiger partial charge >= 0.3 is 0 Å². The highest BCUT2D eigenvalue weighted by Gasteiger charge is 2.30. The summed E-state index contributed by atoms with van der Waals surface area (Å²) in [6.07, 6.45) is 6.23. The van der Waals surface area contributed by atoms with Crippen LogP contribution in [-0.4, -0.2) is 5.78 Å². The molecule has 82 valence electrons. The average molecular weight is 212 g/mol. The number of hydrogen-bond donors (Lipinski definition) is 0. The third-order valence-corrected chi connectivity index (χ3v) is 3.73. The quantitative estimate of drug-likeness (QED) is 0.696. The van der Waals surface area contributed by atoms with E-state index in [1.165, 1.54) is 17.6 Å². The zero-order valence-corrected chi connectivity index (χ0v) is 9.36. The van der Waals surface area contributed by atoms with Gasteiger partial charge in [-0.1, -0.05) is 36.4 Å². The van der Waals surface area contributed by atoms with E-state index in [4.69, 9.17) is 0 Å². The average Bonchev–Trinajstić information content (AvgIpc) is 2.28. The minimum absolute atomic E-state index is 0.463. The van der Waals surface area contributed by atoms with E-state index in [1.807, 2.05) is 0 Å². The Morgan fingerprint density at radius 2 is 1.81 bits per heavy atom. The first-order valence-electron chi connectivity index (χ1n) is 6.09. The molecule has 16 heavy (non-hydrogen) atoms. The maximum atomic E-state index is 11.5. The lowest BCUT2D eigenvalue weighted by Gasteiger charge is -2.32. The predicted octanol–water partition coefficient (Wildman–Crippen LogP) is 3.46. The molecule has 1 fully saturated rings. The van der Waals surface area contributed by atoms with Crippen LogP contribution in [0.25, 0.3) is 5.57 Å². The summed E-state index contributed by atoms with van der Waals surface area (Å²) in [6, 6.07) is 10.6. The molecule has 0 amide bonds. The molecule has 2 aliphatic carbocycles. The number of fused-ring (bicyclic) bond motifs is 2. The Hall–Kier alpha value is -1.37. The second-order valence-corrected chi connectivity index (χ2v) is 5.07. The molecule has 2 unspecified atom stereocenters. The van der Waals surface area contributed by atoms with Crippen LogP contribution in [0.15, 0.2) is 36.4 Å². The van der Waals surface area contributed by atoms with Gasteiger partial charge in [-0.25, -0.2) is 0 Å². The van der Waals surface area contributed by atoms with E-state index in [1.54, 1.807) is 0 Å². The molecule has 0 aliphatic heterocycles. The van der Waals surface area contributed by atoms with Crippen molar-refractivity contribution in [3.63, 3.8) is 0 Å². The predicted molar refractivity (Wildman–Crippen MR) is 64.9 cm³/mol. The molecule has 2 bridgehead atoms. The zero-order valence-electron chi connectivity index (χ0n) is 9.36. The number of hydrogen-bond acceptors (Lipinski definition) is 1. The van der Waals surface area contributed by atoms with Gasteiger partial charge in [0.15, 0.2) is 0 Å². The second kappa shape index (κ2) is 3.89. The molecule has 0 aromatic heterocycles. The van der Waals surface area contributed by atoms with Gasteiger partial charge in [-0.05, 0) is 35.8 Å². The molecule has 3 rings (SSSR count). The van der Waals surface area contributed by atoms with Crippen LogP contribution < -0.4 is 0 Å². The first kappa shape index (κ1) is 9.83. The van der Waals surface area contributed by atoms with Crippen LogP contribution in [0.2, 0.25) is 0 Å². The molecule has 0 radical (unpaired) electrons. The summed E-state index contributed by atoms with van der Waals surface area (Å²) in [6.45, 7) is 0. The van der Waals surface area contributed by atoms with Gasteiger partial charge in [0, 0.05) is 12.8 Å². The van der Waals surface area contributed by atoms with Crippen LogP contribution >= 0.6 is 0 Å². The van der Waals surface area contributed by atoms with Crippen molar-refractivity contribution < 1.29 is 4.79 Å². The van der Waals surface area contributed by atoms with E-state index >= 15 is 0 Å². The summed E-state index contributed by atoms with van der Waals surface area (Å²) in [5, 5.41) is 0. The fourth-order valence-electron chi connectivity index (χ4n) is 3.10. The molecule has 1 nitrogen and oxygen atoms in total. The largest absolute Gasteiger partial charge is 0.300 e. The molecule has 0 heterocycles. The van der Waals surface area contributed by atoms with E-state index in [0.29, 0.717) is 17.6 Å². The maximum absolute atomic E-state index is 11.5. The van der Waals surface area contributed by atoms with Crippen molar-refractivity contribution in [2.45, 2.75) is 25.7 Å². The molecule has 0 N–H and O–H groups in total. The molecule has 2 atom stereocenters. The fourth-order valence-corrected chi connectivity index (χ4v) is 3.10. The summed E-state index contributed by atoms with van der Waals surface area (Å²) in [7, 11) is 0. The third-order valence-electron chi connectivity index (χ3n) is 3.73. The van der Waals surface area contributed by atoms with E-state index in [-0.39, 0.29) is 0 Å². The lowest BCUT2D eigenvalue weighted by Crippen LogP contribution is -2.25. The normalized spacial score (nSPS) is 28.8. The highest BCUT2D eigenvalue weighted by atomic mass is 16.1. The molecule has 1 heteroatoms. The number of benzene rings is 1. The number of rotatable bonds is 1. The Morgan fingerprint density at radius 1 is 1.00 bits per heavy atom. The lowest BCUT2D eigenvalue weighted by atomic mass is 9.72. The van der Waals surface area contributed by atoms with Gasteiger partial charge in [0.2, 0.25) is 0 Å². The van der Waals surface area contributed by atoms with Crippen molar-refractivity contribution in [1.29, 1.82) is 0 Å². The third kappa shape index (κ3) is 1.82. The minimum Gasteiger partial charge on any atom is -0.300 e. The van der Waals surface area contributed by atoms with Crippen molar-refractivity contribution in [2.75, 3.05) is 0 Å². The summed E-state index contributed by atoms with van der Waals surface area (Å²) >= 11 is 0. The van der Waals surface area contributed by atoms with Crippen molar-refractivity contribution in [3.05, 3.63) is 42.0 Å². The Kier molecular flexibility index (Phi) is 2.39. The monoisotopic (exact) mass is 212 g/mol. The summed E-state index contributed by atoms with van der Waals surface area (Å²) in [4.78, 5) is 11.5. The van der Waals surface area contributed by atoms with Gasteiger partial charge in [-0.3, -0.25) is 4.79 Å². The first-order valence-corrected chi connectivity index (χ1v) is 6.09. The van der Waals surface area contributed by atoms with Gasteiger partial charge in [-0.15, -0.1) is 0 Å². The number of carbonyl (C=O) groups excluding carboxylic acids is 1. The van der Waals surface area contributed by atoms with Crippen LogP contribution in [0.5, 0.6) is 0 Å². The van der Waals surface area contributed by atoms with Crippen LogP contribution in [0.3, 0.4) is 0 Å². The topological polar surface area (TPSA) is 17.1 Å². The second-order valence-electron chi connectivity index (χ2n) is 5.07.